The maximum absolute atomic E-state index is 12.1. The summed E-state index contributed by atoms with van der Waals surface area (Å²) in [5.74, 6) is -0.277. The summed E-state index contributed by atoms with van der Waals surface area (Å²) in [6.07, 6.45) is 2.39. The Morgan fingerprint density at radius 1 is 1.04 bits per heavy atom. The molecule has 0 aliphatic rings. The lowest BCUT2D eigenvalue weighted by Gasteiger charge is -2.07. The average Bonchev–Trinajstić information content (AvgIpc) is 2.58. The van der Waals surface area contributed by atoms with Gasteiger partial charge in [-0.3, -0.25) is 9.59 Å². The van der Waals surface area contributed by atoms with Crippen LogP contribution in [-0.2, 0) is 9.59 Å². The van der Waals surface area contributed by atoms with Gasteiger partial charge in [0, 0.05) is 17.8 Å². The molecule has 0 saturated carbocycles. The molecule has 2 aromatic rings. The molecule has 0 aliphatic heterocycles. The van der Waals surface area contributed by atoms with Crippen LogP contribution in [-0.4, -0.2) is 17.5 Å². The van der Waals surface area contributed by atoms with Gasteiger partial charge in [-0.15, -0.1) is 0 Å². The Morgan fingerprint density at radius 2 is 1.79 bits per heavy atom. The highest BCUT2D eigenvalue weighted by atomic mass is 16.2. The number of nitrogens with zero attached hydrogens (tertiary/aromatic N) is 1. The van der Waals surface area contributed by atoms with Gasteiger partial charge in [-0.25, -0.2) is 5.43 Å². The van der Waals surface area contributed by atoms with Gasteiger partial charge in [-0.05, 0) is 36.2 Å². The van der Waals surface area contributed by atoms with Crippen molar-refractivity contribution >= 4 is 34.0 Å². The maximum Gasteiger partial charge on any atom is 0.240 e. The molecule has 0 fully saturated rings. The lowest BCUT2D eigenvalue weighted by molar-refractivity contribution is -0.121. The van der Waals surface area contributed by atoms with Gasteiger partial charge >= 0.3 is 0 Å². The highest BCUT2D eigenvalue weighted by Crippen LogP contribution is 2.18. The minimum Gasteiger partial charge on any atom is -0.326 e. The van der Waals surface area contributed by atoms with Crippen LogP contribution in [0.3, 0.4) is 0 Å². The number of hydrogen-bond donors (Lipinski definition) is 2. The van der Waals surface area contributed by atoms with Gasteiger partial charge in [-0.2, -0.15) is 5.10 Å². The molecule has 24 heavy (non-hydrogen) atoms. The van der Waals surface area contributed by atoms with E-state index in [9.17, 15) is 9.59 Å². The first-order chi connectivity index (χ1) is 11.6. The van der Waals surface area contributed by atoms with Crippen LogP contribution in [0.25, 0.3) is 10.8 Å². The van der Waals surface area contributed by atoms with Crippen LogP contribution in [0.4, 0.5) is 5.69 Å². The van der Waals surface area contributed by atoms with E-state index in [1.807, 2.05) is 49.4 Å². The predicted molar refractivity (Wildman–Crippen MR) is 98.0 cm³/mol. The molecule has 0 radical (unpaired) electrons. The molecule has 5 nitrogen and oxygen atoms in total. The van der Waals surface area contributed by atoms with Crippen molar-refractivity contribution in [2.45, 2.75) is 39.5 Å². The Hall–Kier alpha value is -2.69. The molecular weight excluding hydrogens is 302 g/mol. The number of carbonyl (C=O) groups excluding carboxylic acids is 2. The molecule has 2 N–H and O–H groups in total. The van der Waals surface area contributed by atoms with E-state index in [0.717, 1.165) is 29.3 Å². The summed E-state index contributed by atoms with van der Waals surface area (Å²) in [7, 11) is 0. The second kappa shape index (κ2) is 8.82. The fourth-order valence-corrected chi connectivity index (χ4v) is 2.30. The number of fused-ring (bicyclic) bond motifs is 1. The molecule has 2 amide bonds. The first-order valence-electron chi connectivity index (χ1n) is 8.19. The molecule has 5 heteroatoms. The maximum atomic E-state index is 12.1. The van der Waals surface area contributed by atoms with Crippen molar-refractivity contribution in [2.75, 3.05) is 5.32 Å². The summed E-state index contributed by atoms with van der Waals surface area (Å²) in [6.45, 7) is 3.75. The van der Waals surface area contributed by atoms with Gasteiger partial charge in [0.2, 0.25) is 11.8 Å². The lowest BCUT2D eigenvalue weighted by atomic mass is 10.1. The van der Waals surface area contributed by atoms with Crippen molar-refractivity contribution < 1.29 is 9.59 Å². The Balaban J connectivity index is 1.88. The normalized spacial score (nSPS) is 11.3. The standard InChI is InChI=1S/C19H23N3O2/c1-3-4-9-18(23)22-21-14(2)12-19(24)20-17-11-10-15-7-5-6-8-16(15)13-17/h5-8,10-11,13H,3-4,9,12H2,1-2H3,(H,20,24)(H,22,23)/b21-14-. The smallest absolute Gasteiger partial charge is 0.240 e. The Kier molecular flexibility index (Phi) is 6.49. The molecule has 0 unspecified atom stereocenters. The first kappa shape index (κ1) is 17.7. The fraction of sp³-hybridized carbons (Fsp3) is 0.316. The van der Waals surface area contributed by atoms with Gasteiger partial charge in [0.05, 0.1) is 6.42 Å². The number of unbranched alkanes of at least 4 members (excludes halogenated alkanes) is 1. The van der Waals surface area contributed by atoms with Crippen LogP contribution in [0.1, 0.15) is 39.5 Å². The molecule has 126 valence electrons. The van der Waals surface area contributed by atoms with Crippen LogP contribution in [0.15, 0.2) is 47.6 Å². The second-order valence-corrected chi connectivity index (χ2v) is 5.77. The average molecular weight is 325 g/mol. The van der Waals surface area contributed by atoms with E-state index in [1.165, 1.54) is 0 Å². The SMILES string of the molecule is CCCCC(=O)N/N=C(/C)CC(=O)Nc1ccc2ccccc2c1. The van der Waals surface area contributed by atoms with Gasteiger partial charge in [-0.1, -0.05) is 43.7 Å². The molecule has 2 rings (SSSR count). The summed E-state index contributed by atoms with van der Waals surface area (Å²) >= 11 is 0. The van der Waals surface area contributed by atoms with E-state index in [4.69, 9.17) is 0 Å². The van der Waals surface area contributed by atoms with Crippen LogP contribution in [0, 0.1) is 0 Å². The van der Waals surface area contributed by atoms with Crippen LogP contribution in [0.2, 0.25) is 0 Å². The Labute approximate surface area is 142 Å². The Morgan fingerprint density at radius 3 is 2.54 bits per heavy atom. The number of rotatable bonds is 7. The predicted octanol–water partition coefficient (Wildman–Crippen LogP) is 3.85. The Bertz CT molecular complexity index is 753. The van der Waals surface area contributed by atoms with Crippen molar-refractivity contribution in [1.82, 2.24) is 5.43 Å². The molecule has 0 aromatic heterocycles. The summed E-state index contributed by atoms with van der Waals surface area (Å²) in [6, 6.07) is 13.8. The number of nitrogens with one attached hydrogen (secondary N) is 2. The van der Waals surface area contributed by atoms with E-state index in [-0.39, 0.29) is 18.2 Å². The van der Waals surface area contributed by atoms with Crippen LogP contribution < -0.4 is 10.7 Å². The zero-order valence-electron chi connectivity index (χ0n) is 14.1. The highest BCUT2D eigenvalue weighted by molar-refractivity contribution is 6.06. The van der Waals surface area contributed by atoms with Gasteiger partial charge in [0.25, 0.3) is 0 Å². The number of anilines is 1. The molecule has 0 bridgehead atoms. The van der Waals surface area contributed by atoms with Crippen molar-refractivity contribution in [3.63, 3.8) is 0 Å². The summed E-state index contributed by atoms with van der Waals surface area (Å²) in [5, 5.41) is 9.02. The molecular formula is C19H23N3O2. The molecule has 0 saturated heterocycles. The van der Waals surface area contributed by atoms with E-state index in [0.29, 0.717) is 12.1 Å². The molecule has 0 aliphatic carbocycles. The second-order valence-electron chi connectivity index (χ2n) is 5.77. The van der Waals surface area contributed by atoms with E-state index in [2.05, 4.69) is 15.8 Å². The largest absolute Gasteiger partial charge is 0.326 e. The number of hydrazone groups is 1. The first-order valence-corrected chi connectivity index (χ1v) is 8.19. The van der Waals surface area contributed by atoms with Gasteiger partial charge in [0.1, 0.15) is 0 Å². The van der Waals surface area contributed by atoms with Crippen molar-refractivity contribution in [2.24, 2.45) is 5.10 Å². The molecule has 0 spiro atoms. The number of benzene rings is 2. The summed E-state index contributed by atoms with van der Waals surface area (Å²) < 4.78 is 0. The van der Waals surface area contributed by atoms with Crippen LogP contribution in [0.5, 0.6) is 0 Å². The van der Waals surface area contributed by atoms with E-state index < -0.39 is 0 Å². The number of amides is 2. The molecule has 0 heterocycles. The van der Waals surface area contributed by atoms with Gasteiger partial charge < -0.3 is 5.32 Å². The third-order valence-corrected chi connectivity index (χ3v) is 3.58. The summed E-state index contributed by atoms with van der Waals surface area (Å²) in [5.41, 5.74) is 3.80. The minimum absolute atomic E-state index is 0.119. The third kappa shape index (κ3) is 5.50. The third-order valence-electron chi connectivity index (χ3n) is 3.58. The molecule has 2 aromatic carbocycles. The summed E-state index contributed by atoms with van der Waals surface area (Å²) in [4.78, 5) is 23.6. The van der Waals surface area contributed by atoms with Crippen LogP contribution >= 0.6 is 0 Å². The topological polar surface area (TPSA) is 70.6 Å². The van der Waals surface area contributed by atoms with Crippen molar-refractivity contribution in [3.8, 4) is 0 Å². The zero-order chi connectivity index (χ0) is 17.4. The fourth-order valence-electron chi connectivity index (χ4n) is 2.30. The quantitative estimate of drug-likeness (QED) is 0.599. The van der Waals surface area contributed by atoms with Crippen molar-refractivity contribution in [3.05, 3.63) is 42.5 Å². The van der Waals surface area contributed by atoms with Gasteiger partial charge in [0.15, 0.2) is 0 Å². The number of hydrogen-bond acceptors (Lipinski definition) is 3. The molecule has 0 atom stereocenters. The van der Waals surface area contributed by atoms with E-state index in [1.54, 1.807) is 6.92 Å². The van der Waals surface area contributed by atoms with E-state index >= 15 is 0 Å². The lowest BCUT2D eigenvalue weighted by Crippen LogP contribution is -2.21. The van der Waals surface area contributed by atoms with Crippen molar-refractivity contribution in [1.29, 1.82) is 0 Å². The monoisotopic (exact) mass is 325 g/mol. The number of carbonyl (C=O) groups is 2. The minimum atomic E-state index is -0.158. The highest BCUT2D eigenvalue weighted by Gasteiger charge is 2.06. The zero-order valence-corrected chi connectivity index (χ0v) is 14.1.